The fraction of sp³-hybridized carbons (Fsp3) is 0.333. The minimum absolute atomic E-state index is 0.550. The zero-order chi connectivity index (χ0) is 14.7. The van der Waals surface area contributed by atoms with E-state index in [0.717, 1.165) is 24.5 Å². The average Bonchev–Trinajstić information content (AvgIpc) is 2.66. The SMILES string of the molecule is CNC[C@H](C)CN1c2ccccc2COc2ccccc21. The lowest BCUT2D eigenvalue weighted by atomic mass is 10.1. The monoisotopic (exact) mass is 282 g/mol. The fourth-order valence-electron chi connectivity index (χ4n) is 2.91. The highest BCUT2D eigenvalue weighted by molar-refractivity contribution is 5.72. The maximum Gasteiger partial charge on any atom is 0.143 e. The Morgan fingerprint density at radius 1 is 1.10 bits per heavy atom. The van der Waals surface area contributed by atoms with Gasteiger partial charge in [-0.15, -0.1) is 0 Å². The van der Waals surface area contributed by atoms with Gasteiger partial charge >= 0.3 is 0 Å². The summed E-state index contributed by atoms with van der Waals surface area (Å²) < 4.78 is 5.99. The van der Waals surface area contributed by atoms with Crippen LogP contribution in [0.4, 0.5) is 11.4 Å². The Balaban J connectivity index is 2.02. The first-order valence-corrected chi connectivity index (χ1v) is 7.51. The molecule has 0 fully saturated rings. The van der Waals surface area contributed by atoms with E-state index < -0.39 is 0 Å². The quantitative estimate of drug-likeness (QED) is 0.927. The third-order valence-corrected chi connectivity index (χ3v) is 3.87. The zero-order valence-corrected chi connectivity index (χ0v) is 12.7. The summed E-state index contributed by atoms with van der Waals surface area (Å²) in [6.45, 7) is 4.87. The van der Waals surface area contributed by atoms with Crippen LogP contribution >= 0.6 is 0 Å². The van der Waals surface area contributed by atoms with Gasteiger partial charge in [-0.2, -0.15) is 0 Å². The van der Waals surface area contributed by atoms with Gasteiger partial charge in [-0.25, -0.2) is 0 Å². The van der Waals surface area contributed by atoms with Crippen molar-refractivity contribution in [3.05, 3.63) is 54.1 Å². The van der Waals surface area contributed by atoms with Gasteiger partial charge in [0.25, 0.3) is 0 Å². The Hall–Kier alpha value is -2.00. The van der Waals surface area contributed by atoms with Crippen molar-refractivity contribution in [1.29, 1.82) is 0 Å². The van der Waals surface area contributed by atoms with E-state index in [4.69, 9.17) is 4.74 Å². The van der Waals surface area contributed by atoms with Crippen molar-refractivity contribution in [2.45, 2.75) is 13.5 Å². The molecule has 0 radical (unpaired) electrons. The number of ether oxygens (including phenoxy) is 1. The maximum absolute atomic E-state index is 5.99. The topological polar surface area (TPSA) is 24.5 Å². The minimum Gasteiger partial charge on any atom is -0.487 e. The molecule has 0 spiro atoms. The van der Waals surface area contributed by atoms with Gasteiger partial charge in [0.05, 0.1) is 5.69 Å². The van der Waals surface area contributed by atoms with Crippen LogP contribution in [0.2, 0.25) is 0 Å². The Kier molecular flexibility index (Phi) is 4.11. The number of hydrogen-bond donors (Lipinski definition) is 1. The normalized spacial score (nSPS) is 14.7. The van der Waals surface area contributed by atoms with E-state index in [9.17, 15) is 0 Å². The molecule has 2 aromatic rings. The molecule has 3 rings (SSSR count). The number of nitrogens with one attached hydrogen (secondary N) is 1. The third-order valence-electron chi connectivity index (χ3n) is 3.87. The molecule has 1 heterocycles. The molecule has 0 aliphatic carbocycles. The van der Waals surface area contributed by atoms with Gasteiger partial charge in [-0.3, -0.25) is 0 Å². The number of benzene rings is 2. The Morgan fingerprint density at radius 3 is 2.62 bits per heavy atom. The molecule has 1 aliphatic heterocycles. The molecule has 3 nitrogen and oxygen atoms in total. The first-order valence-electron chi connectivity index (χ1n) is 7.51. The molecule has 0 saturated heterocycles. The molecule has 110 valence electrons. The van der Waals surface area contributed by atoms with Crippen LogP contribution in [0, 0.1) is 5.92 Å². The Labute approximate surface area is 126 Å². The molecule has 0 unspecified atom stereocenters. The number of para-hydroxylation sites is 3. The third kappa shape index (κ3) is 2.88. The van der Waals surface area contributed by atoms with E-state index >= 15 is 0 Å². The van der Waals surface area contributed by atoms with Gasteiger partial charge in [0.1, 0.15) is 12.4 Å². The summed E-state index contributed by atoms with van der Waals surface area (Å²) in [5.74, 6) is 1.51. The molecule has 0 amide bonds. The smallest absolute Gasteiger partial charge is 0.143 e. The summed E-state index contributed by atoms with van der Waals surface area (Å²) in [4.78, 5) is 2.39. The van der Waals surface area contributed by atoms with Gasteiger partial charge < -0.3 is 15.0 Å². The van der Waals surface area contributed by atoms with Crippen molar-refractivity contribution in [3.8, 4) is 5.75 Å². The predicted molar refractivity (Wildman–Crippen MR) is 87.3 cm³/mol. The van der Waals surface area contributed by atoms with Crippen LogP contribution < -0.4 is 15.0 Å². The van der Waals surface area contributed by atoms with Crippen molar-refractivity contribution in [2.24, 2.45) is 5.92 Å². The van der Waals surface area contributed by atoms with Crippen molar-refractivity contribution in [1.82, 2.24) is 5.32 Å². The zero-order valence-electron chi connectivity index (χ0n) is 12.7. The summed E-state index contributed by atoms with van der Waals surface area (Å²) in [5, 5.41) is 3.26. The molecule has 1 aliphatic rings. The fourth-order valence-corrected chi connectivity index (χ4v) is 2.91. The highest BCUT2D eigenvalue weighted by Crippen LogP contribution is 2.39. The molecule has 0 bridgehead atoms. The molecule has 1 N–H and O–H groups in total. The van der Waals surface area contributed by atoms with E-state index in [1.54, 1.807) is 0 Å². The first kappa shape index (κ1) is 14.0. The van der Waals surface area contributed by atoms with Crippen molar-refractivity contribution in [3.63, 3.8) is 0 Å². The van der Waals surface area contributed by atoms with E-state index in [1.165, 1.54) is 11.3 Å². The molecular weight excluding hydrogens is 260 g/mol. The molecule has 0 saturated carbocycles. The van der Waals surface area contributed by atoms with Crippen LogP contribution in [0.3, 0.4) is 0 Å². The molecule has 0 aromatic heterocycles. The van der Waals surface area contributed by atoms with E-state index in [-0.39, 0.29) is 0 Å². The van der Waals surface area contributed by atoms with Crippen LogP contribution in [0.15, 0.2) is 48.5 Å². The Bertz CT molecular complexity index is 564. The molecule has 21 heavy (non-hydrogen) atoms. The maximum atomic E-state index is 5.99. The molecule has 3 heteroatoms. The lowest BCUT2D eigenvalue weighted by Crippen LogP contribution is -2.29. The van der Waals surface area contributed by atoms with E-state index in [1.807, 2.05) is 13.1 Å². The average molecular weight is 282 g/mol. The standard InChI is InChI=1S/C18H22N2O/c1-14(11-19-2)12-20-16-8-4-3-7-15(16)13-21-18-10-6-5-9-17(18)20/h3-10,14,19H,11-13H2,1-2H3/t14-/m0/s1. The largest absolute Gasteiger partial charge is 0.487 e. The summed E-state index contributed by atoms with van der Waals surface area (Å²) in [6.07, 6.45) is 0. The number of rotatable bonds is 4. The summed E-state index contributed by atoms with van der Waals surface area (Å²) in [5.41, 5.74) is 3.65. The lowest BCUT2D eigenvalue weighted by molar-refractivity contribution is 0.310. The van der Waals surface area contributed by atoms with Crippen LogP contribution in [-0.4, -0.2) is 20.1 Å². The highest BCUT2D eigenvalue weighted by Gasteiger charge is 2.22. The van der Waals surface area contributed by atoms with Gasteiger partial charge in [0, 0.05) is 17.8 Å². The van der Waals surface area contributed by atoms with Gasteiger partial charge in [-0.05, 0) is 37.7 Å². The van der Waals surface area contributed by atoms with Crippen LogP contribution in [0.1, 0.15) is 12.5 Å². The van der Waals surface area contributed by atoms with Crippen molar-refractivity contribution in [2.75, 3.05) is 25.0 Å². The summed E-state index contributed by atoms with van der Waals surface area (Å²) in [7, 11) is 2.00. The van der Waals surface area contributed by atoms with Gasteiger partial charge in [-0.1, -0.05) is 37.3 Å². The second kappa shape index (κ2) is 6.19. The first-order chi connectivity index (χ1) is 10.3. The number of fused-ring (bicyclic) bond motifs is 2. The lowest BCUT2D eigenvalue weighted by Gasteiger charge is -2.28. The Morgan fingerprint density at radius 2 is 1.81 bits per heavy atom. The van der Waals surface area contributed by atoms with Gasteiger partial charge in [0.15, 0.2) is 0 Å². The van der Waals surface area contributed by atoms with Crippen LogP contribution in [0.5, 0.6) is 5.75 Å². The predicted octanol–water partition coefficient (Wildman–Crippen LogP) is 3.57. The second-order valence-corrected chi connectivity index (χ2v) is 5.66. The van der Waals surface area contributed by atoms with Crippen molar-refractivity contribution < 1.29 is 4.74 Å². The molecular formula is C18H22N2O. The van der Waals surface area contributed by atoms with Crippen molar-refractivity contribution >= 4 is 11.4 Å². The summed E-state index contributed by atoms with van der Waals surface area (Å²) in [6, 6.07) is 16.8. The number of anilines is 2. The highest BCUT2D eigenvalue weighted by atomic mass is 16.5. The van der Waals surface area contributed by atoms with Crippen LogP contribution in [0.25, 0.3) is 0 Å². The minimum atomic E-state index is 0.550. The summed E-state index contributed by atoms with van der Waals surface area (Å²) >= 11 is 0. The van der Waals surface area contributed by atoms with E-state index in [0.29, 0.717) is 12.5 Å². The molecule has 1 atom stereocenters. The number of hydrogen-bond acceptors (Lipinski definition) is 3. The molecule has 2 aromatic carbocycles. The van der Waals surface area contributed by atoms with Crippen LogP contribution in [-0.2, 0) is 6.61 Å². The van der Waals surface area contributed by atoms with Gasteiger partial charge in [0.2, 0.25) is 0 Å². The van der Waals surface area contributed by atoms with E-state index in [2.05, 4.69) is 59.6 Å². The number of nitrogens with zero attached hydrogens (tertiary/aromatic N) is 1. The second-order valence-electron chi connectivity index (χ2n) is 5.66.